The van der Waals surface area contributed by atoms with Crippen LogP contribution >= 0.6 is 15.9 Å². The fourth-order valence-corrected chi connectivity index (χ4v) is 3.13. The largest absolute Gasteiger partial charge is 0.490 e. The Morgan fingerprint density at radius 1 is 0.897 bits per heavy atom. The Labute approximate surface area is 179 Å². The van der Waals surface area contributed by atoms with Crippen molar-refractivity contribution in [1.82, 2.24) is 0 Å². The van der Waals surface area contributed by atoms with Crippen molar-refractivity contribution in [3.05, 3.63) is 88.4 Å². The van der Waals surface area contributed by atoms with E-state index in [1.54, 1.807) is 7.11 Å². The molecule has 6 heteroatoms. The summed E-state index contributed by atoms with van der Waals surface area (Å²) in [6.45, 7) is 1.47. The highest BCUT2D eigenvalue weighted by Gasteiger charge is 2.09. The van der Waals surface area contributed by atoms with Gasteiger partial charge < -0.3 is 19.9 Å². The number of benzene rings is 3. The smallest absolute Gasteiger partial charge is 0.135 e. The summed E-state index contributed by atoms with van der Waals surface area (Å²) in [5.74, 6) is 1.80. The molecular formula is C23H23BrN2O3. The lowest BCUT2D eigenvalue weighted by Crippen LogP contribution is -2.14. The molecule has 0 radical (unpaired) electrons. The van der Waals surface area contributed by atoms with Gasteiger partial charge in [-0.15, -0.1) is 0 Å². The van der Waals surface area contributed by atoms with E-state index in [0.29, 0.717) is 37.1 Å². The third-order valence-corrected chi connectivity index (χ3v) is 4.73. The first-order chi connectivity index (χ1) is 14.2. The summed E-state index contributed by atoms with van der Waals surface area (Å²) in [4.78, 5) is 4.55. The average Bonchev–Trinajstić information content (AvgIpc) is 2.75. The Hall–Kier alpha value is -2.83. The van der Waals surface area contributed by atoms with E-state index < -0.39 is 0 Å². The van der Waals surface area contributed by atoms with Crippen LogP contribution in [0, 0.1) is 0 Å². The molecule has 150 valence electrons. The van der Waals surface area contributed by atoms with Gasteiger partial charge in [-0.2, -0.15) is 0 Å². The van der Waals surface area contributed by atoms with Crippen LogP contribution in [0.15, 0.2) is 82.3 Å². The lowest BCUT2D eigenvalue weighted by molar-refractivity contribution is 0.146. The average molecular weight is 455 g/mol. The van der Waals surface area contributed by atoms with E-state index in [0.717, 1.165) is 21.3 Å². The summed E-state index contributed by atoms with van der Waals surface area (Å²) in [5.41, 5.74) is 8.84. The second-order valence-corrected chi connectivity index (χ2v) is 7.08. The fourth-order valence-electron chi connectivity index (χ4n) is 2.65. The molecule has 0 aliphatic rings. The highest BCUT2D eigenvalue weighted by molar-refractivity contribution is 9.10. The Bertz CT molecular complexity index is 961. The first-order valence-electron chi connectivity index (χ1n) is 9.19. The summed E-state index contributed by atoms with van der Waals surface area (Å²) in [6, 6.07) is 23.2. The number of nitrogens with zero attached hydrogens (tertiary/aromatic N) is 1. The first kappa shape index (κ1) is 20.9. The number of aliphatic imine (C=N–C) groups is 1. The minimum absolute atomic E-state index is 0.383. The topological polar surface area (TPSA) is 66.1 Å². The number of ether oxygens (including phenoxy) is 3. The zero-order valence-electron chi connectivity index (χ0n) is 16.2. The second kappa shape index (κ2) is 10.6. The molecule has 0 aliphatic carbocycles. The summed E-state index contributed by atoms with van der Waals surface area (Å²) in [5, 5.41) is 0. The van der Waals surface area contributed by atoms with Crippen molar-refractivity contribution in [3.63, 3.8) is 0 Å². The van der Waals surface area contributed by atoms with Crippen LogP contribution < -0.4 is 15.2 Å². The molecule has 0 saturated heterocycles. The van der Waals surface area contributed by atoms with E-state index in [9.17, 15) is 0 Å². The standard InChI is InChI=1S/C23H23BrN2O3/c1-27-13-14-28-22-12-11-18(15-20(22)24)26-23(25)19-9-5-6-10-21(19)29-16-17-7-3-2-4-8-17/h2-12,15H,13-14,16H2,1H3,(H2,25,26). The van der Waals surface area contributed by atoms with Crippen molar-refractivity contribution in [2.24, 2.45) is 10.7 Å². The first-order valence-corrected chi connectivity index (χ1v) is 9.98. The van der Waals surface area contributed by atoms with Gasteiger partial charge in [-0.3, -0.25) is 0 Å². The number of methoxy groups -OCH3 is 1. The van der Waals surface area contributed by atoms with Crippen molar-refractivity contribution >= 4 is 27.5 Å². The maximum Gasteiger partial charge on any atom is 0.135 e. The number of nitrogens with two attached hydrogens (primary N) is 1. The summed E-state index contributed by atoms with van der Waals surface area (Å²) < 4.78 is 17.4. The van der Waals surface area contributed by atoms with Crippen LogP contribution in [-0.4, -0.2) is 26.2 Å². The van der Waals surface area contributed by atoms with Gasteiger partial charge in [0.15, 0.2) is 0 Å². The zero-order valence-corrected chi connectivity index (χ0v) is 17.8. The minimum Gasteiger partial charge on any atom is -0.490 e. The number of rotatable bonds is 9. The van der Waals surface area contributed by atoms with Gasteiger partial charge >= 0.3 is 0 Å². The third kappa shape index (κ3) is 6.07. The number of amidine groups is 1. The van der Waals surface area contributed by atoms with Crippen LogP contribution in [0.5, 0.6) is 11.5 Å². The van der Waals surface area contributed by atoms with Gasteiger partial charge in [-0.25, -0.2) is 4.99 Å². The monoisotopic (exact) mass is 454 g/mol. The zero-order chi connectivity index (χ0) is 20.5. The molecule has 2 N–H and O–H groups in total. The Morgan fingerprint density at radius 3 is 2.41 bits per heavy atom. The van der Waals surface area contributed by atoms with Gasteiger partial charge in [0, 0.05) is 7.11 Å². The van der Waals surface area contributed by atoms with Crippen LogP contribution in [0.1, 0.15) is 11.1 Å². The summed E-state index contributed by atoms with van der Waals surface area (Å²) in [6.07, 6.45) is 0. The van der Waals surface area contributed by atoms with E-state index >= 15 is 0 Å². The van der Waals surface area contributed by atoms with Gasteiger partial charge in [-0.1, -0.05) is 42.5 Å². The predicted molar refractivity (Wildman–Crippen MR) is 119 cm³/mol. The van der Waals surface area contributed by atoms with Crippen LogP contribution in [0.3, 0.4) is 0 Å². The maximum absolute atomic E-state index is 6.29. The molecule has 0 fully saturated rings. The second-order valence-electron chi connectivity index (χ2n) is 6.22. The van der Waals surface area contributed by atoms with Crippen LogP contribution in [-0.2, 0) is 11.3 Å². The van der Waals surface area contributed by atoms with E-state index in [4.69, 9.17) is 19.9 Å². The normalized spacial score (nSPS) is 11.3. The van der Waals surface area contributed by atoms with Gasteiger partial charge in [0.25, 0.3) is 0 Å². The minimum atomic E-state index is 0.383. The molecule has 29 heavy (non-hydrogen) atoms. The van der Waals surface area contributed by atoms with Crippen LogP contribution in [0.4, 0.5) is 5.69 Å². The Morgan fingerprint density at radius 2 is 1.66 bits per heavy atom. The lowest BCUT2D eigenvalue weighted by atomic mass is 10.1. The van der Waals surface area contributed by atoms with E-state index in [1.165, 1.54) is 0 Å². The van der Waals surface area contributed by atoms with Gasteiger partial charge in [0.2, 0.25) is 0 Å². The molecule has 3 rings (SSSR count). The van der Waals surface area contributed by atoms with E-state index in [2.05, 4.69) is 20.9 Å². The molecule has 0 spiro atoms. The maximum atomic E-state index is 6.29. The molecule has 3 aromatic carbocycles. The third-order valence-electron chi connectivity index (χ3n) is 4.11. The van der Waals surface area contributed by atoms with Crippen molar-refractivity contribution in [1.29, 1.82) is 0 Å². The molecule has 3 aromatic rings. The highest BCUT2D eigenvalue weighted by atomic mass is 79.9. The molecule has 5 nitrogen and oxygen atoms in total. The van der Waals surface area contributed by atoms with Crippen LogP contribution in [0.2, 0.25) is 0 Å². The van der Waals surface area contributed by atoms with Crippen molar-refractivity contribution < 1.29 is 14.2 Å². The van der Waals surface area contributed by atoms with Gasteiger partial charge in [0.05, 0.1) is 22.3 Å². The molecule has 0 aliphatic heterocycles. The molecule has 0 amide bonds. The fraction of sp³-hybridized carbons (Fsp3) is 0.174. The molecule has 0 saturated carbocycles. The highest BCUT2D eigenvalue weighted by Crippen LogP contribution is 2.30. The number of hydrogen-bond donors (Lipinski definition) is 1. The van der Waals surface area contributed by atoms with Crippen molar-refractivity contribution in [2.45, 2.75) is 6.61 Å². The van der Waals surface area contributed by atoms with E-state index in [-0.39, 0.29) is 0 Å². The molecule has 0 unspecified atom stereocenters. The summed E-state index contributed by atoms with van der Waals surface area (Å²) in [7, 11) is 1.64. The number of para-hydroxylation sites is 1. The van der Waals surface area contributed by atoms with Crippen LogP contribution in [0.25, 0.3) is 0 Å². The molecule has 0 atom stereocenters. The van der Waals surface area contributed by atoms with Gasteiger partial charge in [0.1, 0.15) is 30.5 Å². The predicted octanol–water partition coefficient (Wildman–Crippen LogP) is 5.09. The van der Waals surface area contributed by atoms with Crippen molar-refractivity contribution in [3.8, 4) is 11.5 Å². The lowest BCUT2D eigenvalue weighted by Gasteiger charge is -2.12. The number of hydrogen-bond acceptors (Lipinski definition) is 4. The number of halogens is 1. The molecular weight excluding hydrogens is 432 g/mol. The van der Waals surface area contributed by atoms with Gasteiger partial charge in [-0.05, 0) is 51.8 Å². The van der Waals surface area contributed by atoms with Crippen molar-refractivity contribution in [2.75, 3.05) is 20.3 Å². The Balaban J connectivity index is 1.75. The summed E-state index contributed by atoms with van der Waals surface area (Å²) >= 11 is 3.51. The molecule has 0 bridgehead atoms. The van der Waals surface area contributed by atoms with E-state index in [1.807, 2.05) is 72.8 Å². The Kier molecular flexibility index (Phi) is 7.67. The quantitative estimate of drug-likeness (QED) is 0.277. The molecule has 0 aromatic heterocycles. The SMILES string of the molecule is COCCOc1ccc(N=C(N)c2ccccc2OCc2ccccc2)cc1Br. The molecule has 0 heterocycles.